The minimum absolute atomic E-state index is 0.230. The van der Waals surface area contributed by atoms with Crippen molar-refractivity contribution in [1.29, 1.82) is 0 Å². The number of methoxy groups -OCH3 is 2. The molecule has 0 saturated heterocycles. The third kappa shape index (κ3) is 5.50. The summed E-state index contributed by atoms with van der Waals surface area (Å²) in [5, 5.41) is 7.82. The molecule has 0 atom stereocenters. The van der Waals surface area contributed by atoms with E-state index in [0.29, 0.717) is 29.1 Å². The Morgan fingerprint density at radius 2 is 2.07 bits per heavy atom. The Balaban J connectivity index is 2.05. The third-order valence-electron chi connectivity index (χ3n) is 3.99. The van der Waals surface area contributed by atoms with E-state index in [2.05, 4.69) is 24.3 Å². The summed E-state index contributed by atoms with van der Waals surface area (Å²) in [6.45, 7) is 7.13. The molecular formula is C20H26ClN3O3. The van der Waals surface area contributed by atoms with Gasteiger partial charge in [-0.3, -0.25) is 9.48 Å². The van der Waals surface area contributed by atoms with Gasteiger partial charge in [0.15, 0.2) is 0 Å². The van der Waals surface area contributed by atoms with Crippen molar-refractivity contribution >= 4 is 23.6 Å². The standard InChI is InChI=1S/C20H26ClN3O3/c1-13(2)12-24-20(21)17(14(3)23-24)7-9-19(25)22-11-15-10-16(26-4)6-8-18(15)27-5/h6-10,13H,11-12H2,1-5H3,(H,22,25)/b9-7+. The van der Waals surface area contributed by atoms with Crippen LogP contribution in [0.2, 0.25) is 5.15 Å². The van der Waals surface area contributed by atoms with Crippen molar-refractivity contribution < 1.29 is 14.3 Å². The summed E-state index contributed by atoms with van der Waals surface area (Å²) in [5.41, 5.74) is 2.38. The van der Waals surface area contributed by atoms with Crippen LogP contribution in [-0.2, 0) is 17.9 Å². The van der Waals surface area contributed by atoms with Crippen LogP contribution in [0.3, 0.4) is 0 Å². The summed E-state index contributed by atoms with van der Waals surface area (Å²) in [7, 11) is 3.19. The first kappa shape index (κ1) is 20.8. The number of hydrogen-bond donors (Lipinski definition) is 1. The van der Waals surface area contributed by atoms with E-state index in [0.717, 1.165) is 23.4 Å². The molecule has 1 amide bonds. The largest absolute Gasteiger partial charge is 0.497 e. The molecule has 27 heavy (non-hydrogen) atoms. The Kier molecular flexibility index (Phi) is 7.30. The maximum atomic E-state index is 12.2. The molecular weight excluding hydrogens is 366 g/mol. The van der Waals surface area contributed by atoms with Crippen LogP contribution in [0.5, 0.6) is 11.5 Å². The Hall–Kier alpha value is -2.47. The zero-order chi connectivity index (χ0) is 20.0. The number of nitrogens with one attached hydrogen (secondary N) is 1. The van der Waals surface area contributed by atoms with Gasteiger partial charge in [0.1, 0.15) is 16.7 Å². The van der Waals surface area contributed by atoms with Gasteiger partial charge in [0.2, 0.25) is 5.91 Å². The predicted molar refractivity (Wildman–Crippen MR) is 107 cm³/mol. The molecule has 0 aliphatic rings. The maximum Gasteiger partial charge on any atom is 0.244 e. The highest BCUT2D eigenvalue weighted by molar-refractivity contribution is 6.31. The Morgan fingerprint density at radius 1 is 1.33 bits per heavy atom. The smallest absolute Gasteiger partial charge is 0.244 e. The molecule has 1 aromatic heterocycles. The number of halogens is 1. The molecule has 6 nitrogen and oxygen atoms in total. The fourth-order valence-corrected chi connectivity index (χ4v) is 2.95. The van der Waals surface area contributed by atoms with Crippen LogP contribution < -0.4 is 14.8 Å². The fraction of sp³-hybridized carbons (Fsp3) is 0.400. The molecule has 1 aromatic carbocycles. The van der Waals surface area contributed by atoms with Crippen molar-refractivity contribution in [2.75, 3.05) is 14.2 Å². The van der Waals surface area contributed by atoms with Gasteiger partial charge >= 0.3 is 0 Å². The van der Waals surface area contributed by atoms with Crippen molar-refractivity contribution in [3.8, 4) is 11.5 Å². The summed E-state index contributed by atoms with van der Waals surface area (Å²) in [6.07, 6.45) is 3.15. The van der Waals surface area contributed by atoms with E-state index in [1.165, 1.54) is 6.08 Å². The van der Waals surface area contributed by atoms with Crippen LogP contribution in [0.15, 0.2) is 24.3 Å². The van der Waals surface area contributed by atoms with Crippen molar-refractivity contribution in [1.82, 2.24) is 15.1 Å². The molecule has 2 aromatic rings. The highest BCUT2D eigenvalue weighted by Gasteiger charge is 2.12. The van der Waals surface area contributed by atoms with Gasteiger partial charge in [0, 0.05) is 30.3 Å². The summed E-state index contributed by atoms with van der Waals surface area (Å²) >= 11 is 6.39. The highest BCUT2D eigenvalue weighted by atomic mass is 35.5. The van der Waals surface area contributed by atoms with Crippen LogP contribution in [0.25, 0.3) is 6.08 Å². The molecule has 146 valence electrons. The molecule has 7 heteroatoms. The lowest BCUT2D eigenvalue weighted by Crippen LogP contribution is -2.20. The molecule has 1 heterocycles. The number of carbonyl (C=O) groups is 1. The lowest BCUT2D eigenvalue weighted by Gasteiger charge is -2.10. The zero-order valence-electron chi connectivity index (χ0n) is 16.4. The van der Waals surface area contributed by atoms with Crippen LogP contribution in [0, 0.1) is 12.8 Å². The minimum Gasteiger partial charge on any atom is -0.497 e. The topological polar surface area (TPSA) is 65.4 Å². The Bertz CT molecular complexity index is 828. The Labute approximate surface area is 165 Å². The van der Waals surface area contributed by atoms with Crippen LogP contribution in [-0.4, -0.2) is 29.9 Å². The van der Waals surface area contributed by atoms with Gasteiger partial charge < -0.3 is 14.8 Å². The number of aryl methyl sites for hydroxylation is 1. The molecule has 0 spiro atoms. The number of amides is 1. The summed E-state index contributed by atoms with van der Waals surface area (Å²) in [4.78, 5) is 12.2. The average Bonchev–Trinajstić information content (AvgIpc) is 2.90. The summed E-state index contributed by atoms with van der Waals surface area (Å²) < 4.78 is 12.3. The second-order valence-electron chi connectivity index (χ2n) is 6.59. The second-order valence-corrected chi connectivity index (χ2v) is 6.95. The number of ether oxygens (including phenoxy) is 2. The molecule has 0 saturated carbocycles. The van der Waals surface area contributed by atoms with Gasteiger partial charge in [-0.05, 0) is 37.1 Å². The number of rotatable bonds is 8. The van der Waals surface area contributed by atoms with Crippen molar-refractivity contribution in [2.24, 2.45) is 5.92 Å². The van der Waals surface area contributed by atoms with Gasteiger partial charge in [0.05, 0.1) is 19.9 Å². The highest BCUT2D eigenvalue weighted by Crippen LogP contribution is 2.24. The molecule has 0 aliphatic carbocycles. The predicted octanol–water partition coefficient (Wildman–Crippen LogP) is 3.85. The van der Waals surface area contributed by atoms with E-state index in [4.69, 9.17) is 21.1 Å². The van der Waals surface area contributed by atoms with Crippen LogP contribution in [0.4, 0.5) is 0 Å². The minimum atomic E-state index is -0.230. The van der Waals surface area contributed by atoms with Gasteiger partial charge in [-0.1, -0.05) is 25.4 Å². The van der Waals surface area contributed by atoms with E-state index in [1.54, 1.807) is 25.0 Å². The first-order valence-electron chi connectivity index (χ1n) is 8.75. The molecule has 0 radical (unpaired) electrons. The van der Waals surface area contributed by atoms with Crippen molar-refractivity contribution in [3.63, 3.8) is 0 Å². The lowest BCUT2D eigenvalue weighted by molar-refractivity contribution is -0.116. The Morgan fingerprint density at radius 3 is 2.70 bits per heavy atom. The van der Waals surface area contributed by atoms with E-state index >= 15 is 0 Å². The average molecular weight is 392 g/mol. The lowest BCUT2D eigenvalue weighted by atomic mass is 10.2. The van der Waals surface area contributed by atoms with Gasteiger partial charge in [-0.15, -0.1) is 0 Å². The quantitative estimate of drug-likeness (QED) is 0.694. The number of hydrogen-bond acceptors (Lipinski definition) is 4. The molecule has 1 N–H and O–H groups in total. The van der Waals surface area contributed by atoms with Crippen LogP contribution >= 0.6 is 11.6 Å². The van der Waals surface area contributed by atoms with Crippen molar-refractivity contribution in [3.05, 3.63) is 46.2 Å². The maximum absolute atomic E-state index is 12.2. The van der Waals surface area contributed by atoms with E-state index in [9.17, 15) is 4.79 Å². The number of carbonyl (C=O) groups excluding carboxylic acids is 1. The van der Waals surface area contributed by atoms with Gasteiger partial charge in [-0.2, -0.15) is 5.10 Å². The zero-order valence-corrected chi connectivity index (χ0v) is 17.1. The summed E-state index contributed by atoms with van der Waals surface area (Å²) in [6, 6.07) is 5.45. The monoisotopic (exact) mass is 391 g/mol. The molecule has 0 bridgehead atoms. The first-order chi connectivity index (χ1) is 12.8. The molecule has 0 aliphatic heterocycles. The van der Waals surface area contributed by atoms with E-state index < -0.39 is 0 Å². The van der Waals surface area contributed by atoms with Gasteiger partial charge in [0.25, 0.3) is 0 Å². The van der Waals surface area contributed by atoms with Crippen molar-refractivity contribution in [2.45, 2.75) is 33.9 Å². The summed E-state index contributed by atoms with van der Waals surface area (Å²) in [5.74, 6) is 1.59. The number of benzene rings is 1. The number of aromatic nitrogens is 2. The SMILES string of the molecule is COc1ccc(OC)c(CNC(=O)/C=C/c2c(C)nn(CC(C)C)c2Cl)c1. The molecule has 0 unspecified atom stereocenters. The third-order valence-corrected chi connectivity index (χ3v) is 4.39. The van der Waals surface area contributed by atoms with E-state index in [-0.39, 0.29) is 5.91 Å². The number of nitrogens with zero attached hydrogens (tertiary/aromatic N) is 2. The second kappa shape index (κ2) is 9.46. The molecule has 0 fully saturated rings. The van der Waals surface area contributed by atoms with E-state index in [1.807, 2.05) is 25.1 Å². The molecule has 2 rings (SSSR count). The fourth-order valence-electron chi connectivity index (χ4n) is 2.64. The van der Waals surface area contributed by atoms with Gasteiger partial charge in [-0.25, -0.2) is 0 Å². The van der Waals surface area contributed by atoms with Crippen LogP contribution in [0.1, 0.15) is 30.7 Å². The first-order valence-corrected chi connectivity index (χ1v) is 9.13. The normalized spacial score (nSPS) is 11.2.